The summed E-state index contributed by atoms with van der Waals surface area (Å²) in [5.74, 6) is 0. The van der Waals surface area contributed by atoms with Crippen LogP contribution in [0.15, 0.2) is 249 Å². The van der Waals surface area contributed by atoms with Crippen molar-refractivity contribution in [3.05, 3.63) is 249 Å². The molecule has 0 saturated carbocycles. The van der Waals surface area contributed by atoms with Crippen LogP contribution in [0.2, 0.25) is 0 Å². The maximum absolute atomic E-state index is 2.70. The minimum absolute atomic E-state index is 0.0953. The summed E-state index contributed by atoms with van der Waals surface area (Å²) in [4.78, 5) is 0. The van der Waals surface area contributed by atoms with Gasteiger partial charge in [-0.05, 0) is 153 Å². The minimum Gasteiger partial charge on any atom is -0.310 e. The highest BCUT2D eigenvalue weighted by Gasteiger charge is 2.42. The van der Waals surface area contributed by atoms with Gasteiger partial charge in [0.15, 0.2) is 0 Å². The third-order valence-electron chi connectivity index (χ3n) is 19.4. The molecule has 2 nitrogen and oxygen atoms in total. The van der Waals surface area contributed by atoms with Crippen LogP contribution in [0.25, 0.3) is 182 Å². The highest BCUT2D eigenvalue weighted by molar-refractivity contribution is 7.26. The van der Waals surface area contributed by atoms with Crippen LogP contribution in [0.5, 0.6) is 0 Å². The van der Waals surface area contributed by atoms with Gasteiger partial charge in [0, 0.05) is 89.6 Å². The van der Waals surface area contributed by atoms with Gasteiger partial charge in [-0.25, -0.2) is 0 Å². The maximum Gasteiger partial charge on any atom is 0.252 e. The molecule has 19 aromatic rings. The highest BCUT2D eigenvalue weighted by atomic mass is 32.1. The number of thiophene rings is 2. The van der Waals surface area contributed by atoms with Crippen molar-refractivity contribution in [3.8, 4) is 33.6 Å². The predicted octanol–water partition coefficient (Wildman–Crippen LogP) is 20.0. The first-order chi connectivity index (χ1) is 41.2. The normalized spacial score (nSPS) is 13.0. The molecule has 0 unspecified atom stereocenters. The van der Waals surface area contributed by atoms with Gasteiger partial charge in [-0.3, -0.25) is 0 Å². The van der Waals surface area contributed by atoms with Crippen molar-refractivity contribution < 1.29 is 0 Å². The largest absolute Gasteiger partial charge is 0.310 e. The van der Waals surface area contributed by atoms with Gasteiger partial charge in [0.25, 0.3) is 6.71 Å². The van der Waals surface area contributed by atoms with E-state index < -0.39 is 0 Å². The van der Waals surface area contributed by atoms with Crippen molar-refractivity contribution in [2.24, 2.45) is 0 Å². The van der Waals surface area contributed by atoms with Crippen LogP contribution in [-0.4, -0.2) is 15.8 Å². The lowest BCUT2D eigenvalue weighted by atomic mass is 9.34. The van der Waals surface area contributed by atoms with Crippen LogP contribution in [0.3, 0.4) is 0 Å². The number of rotatable bonds is 2. The van der Waals surface area contributed by atoms with Crippen molar-refractivity contribution in [2.75, 3.05) is 0 Å². The Morgan fingerprint density at radius 2 is 0.699 bits per heavy atom. The molecule has 0 bridgehead atoms. The van der Waals surface area contributed by atoms with Gasteiger partial charge in [-0.15, -0.1) is 22.7 Å². The molecule has 0 radical (unpaired) electrons. The summed E-state index contributed by atoms with van der Waals surface area (Å²) in [6, 6.07) is 95.6. The van der Waals surface area contributed by atoms with E-state index in [2.05, 4.69) is 258 Å². The first-order valence-electron chi connectivity index (χ1n) is 28.9. The molecule has 15 aromatic carbocycles. The predicted molar refractivity (Wildman–Crippen MR) is 361 cm³/mol. The molecule has 4 aromatic heterocycles. The first-order valence-corrected chi connectivity index (χ1v) is 30.5. The molecule has 5 heteroatoms. The van der Waals surface area contributed by atoms with E-state index >= 15 is 0 Å². The van der Waals surface area contributed by atoms with Crippen molar-refractivity contribution in [3.63, 3.8) is 0 Å². The lowest BCUT2D eigenvalue weighted by molar-refractivity contribution is 1.14. The van der Waals surface area contributed by atoms with Crippen molar-refractivity contribution in [2.45, 2.75) is 0 Å². The number of aromatic nitrogens is 2. The number of benzene rings is 15. The lowest BCUT2D eigenvalue weighted by Crippen LogP contribution is -2.59. The molecule has 0 amide bonds. The summed E-state index contributed by atoms with van der Waals surface area (Å²) in [6.45, 7) is -0.0953. The zero-order chi connectivity index (χ0) is 53.5. The van der Waals surface area contributed by atoms with E-state index in [1.807, 2.05) is 22.7 Å². The van der Waals surface area contributed by atoms with E-state index in [1.165, 1.54) is 199 Å². The SMILES string of the molecule is c1cc2c3c(c1)-n1c4ccc5c6ccccc6c6ccccc6c5c4c4c5c6ccccc6c6ccccc6c5cc(c41)B3c1cc(-c3cccc4sc5ccccc5c34)cc3c4cc(-c5cccc6sc7ccccc7c56)ccc4n-2c13. The van der Waals surface area contributed by atoms with Gasteiger partial charge in [-0.2, -0.15) is 0 Å². The zero-order valence-corrected chi connectivity index (χ0v) is 46.1. The second-order valence-electron chi connectivity index (χ2n) is 23.2. The van der Waals surface area contributed by atoms with Crippen LogP contribution in [0.1, 0.15) is 0 Å². The fourth-order valence-corrected chi connectivity index (χ4v) is 18.5. The van der Waals surface area contributed by atoms with Gasteiger partial charge < -0.3 is 9.13 Å². The van der Waals surface area contributed by atoms with E-state index in [0.717, 1.165) is 0 Å². The fourth-order valence-electron chi connectivity index (χ4n) is 16.3. The van der Waals surface area contributed by atoms with E-state index in [9.17, 15) is 0 Å². The second kappa shape index (κ2) is 15.5. The summed E-state index contributed by atoms with van der Waals surface area (Å²) in [6.07, 6.45) is 0. The Hall–Kier alpha value is -10.0. The first kappa shape index (κ1) is 43.7. The zero-order valence-electron chi connectivity index (χ0n) is 44.5. The van der Waals surface area contributed by atoms with Gasteiger partial charge in [0.2, 0.25) is 0 Å². The summed E-state index contributed by atoms with van der Waals surface area (Å²) in [5.41, 5.74) is 16.7. The minimum atomic E-state index is -0.0953. The van der Waals surface area contributed by atoms with Crippen molar-refractivity contribution in [1.29, 1.82) is 0 Å². The Kier molecular flexibility index (Phi) is 8.16. The molecular formula is C78H41BN2S2. The van der Waals surface area contributed by atoms with Gasteiger partial charge in [-0.1, -0.05) is 188 Å². The fraction of sp³-hybridized carbons (Fsp3) is 0. The Morgan fingerprint density at radius 1 is 0.253 bits per heavy atom. The van der Waals surface area contributed by atoms with Gasteiger partial charge in [0.1, 0.15) is 0 Å². The average molecular weight is 1080 g/mol. The molecular weight excluding hydrogens is 1040 g/mol. The highest BCUT2D eigenvalue weighted by Crippen LogP contribution is 2.51. The molecule has 0 spiro atoms. The van der Waals surface area contributed by atoms with Crippen molar-refractivity contribution in [1.82, 2.24) is 9.13 Å². The maximum atomic E-state index is 2.70. The molecule has 83 heavy (non-hydrogen) atoms. The average Bonchev–Trinajstić information content (AvgIpc) is 2.67. The molecule has 2 aliphatic rings. The molecule has 0 saturated heterocycles. The Balaban J connectivity index is 0.970. The number of fused-ring (bicyclic) bond motifs is 30. The Morgan fingerprint density at radius 3 is 1.31 bits per heavy atom. The Labute approximate surface area is 482 Å². The van der Waals surface area contributed by atoms with Crippen LogP contribution in [0, 0.1) is 0 Å². The molecule has 0 aliphatic carbocycles. The van der Waals surface area contributed by atoms with E-state index in [4.69, 9.17) is 0 Å². The van der Waals surface area contributed by atoms with E-state index in [-0.39, 0.29) is 6.71 Å². The molecule has 0 N–H and O–H groups in total. The quantitative estimate of drug-likeness (QED) is 0.121. The topological polar surface area (TPSA) is 9.86 Å². The summed E-state index contributed by atoms with van der Waals surface area (Å²) < 4.78 is 10.6. The molecule has 0 fully saturated rings. The molecule has 2 aliphatic heterocycles. The smallest absolute Gasteiger partial charge is 0.252 e. The lowest BCUT2D eigenvalue weighted by Gasteiger charge is -2.34. The van der Waals surface area contributed by atoms with Crippen molar-refractivity contribution >= 4 is 194 Å². The van der Waals surface area contributed by atoms with E-state index in [1.54, 1.807) is 0 Å². The molecule has 0 atom stereocenters. The monoisotopic (exact) mass is 1080 g/mol. The summed E-state index contributed by atoms with van der Waals surface area (Å²) in [5, 5.41) is 26.1. The molecule has 6 heterocycles. The van der Waals surface area contributed by atoms with Crippen LogP contribution in [0.4, 0.5) is 0 Å². The molecule has 378 valence electrons. The third kappa shape index (κ3) is 5.38. The van der Waals surface area contributed by atoms with Gasteiger partial charge in [0.05, 0.1) is 16.6 Å². The van der Waals surface area contributed by atoms with Crippen LogP contribution >= 0.6 is 22.7 Å². The number of hydrogen-bond donors (Lipinski definition) is 0. The number of nitrogens with zero attached hydrogens (tertiary/aromatic N) is 2. The summed E-state index contributed by atoms with van der Waals surface area (Å²) in [7, 11) is 0. The van der Waals surface area contributed by atoms with Gasteiger partial charge >= 0.3 is 0 Å². The van der Waals surface area contributed by atoms with E-state index in [0.29, 0.717) is 0 Å². The standard InChI is InChI=1S/C78H41BN2S2/c1-3-20-50-46(16-1)48-18-5-7-22-52(48)72-54(50)35-37-63-74(72)75-73-53-23-8-6-19-49(53)47-17-2-4-21-51(47)58(73)41-61-78(75)81(63)65-29-15-28-64-76(65)79(61)60-40-43(45-27-14-33-69-71(45)56-25-10-12-31-67(56)83-69)39-59-57-38-42(34-36-62(57)80(64)77(59)60)44-26-13-32-68-70(44)55-24-9-11-30-66(55)82-68/h1-41H. The van der Waals surface area contributed by atoms with Crippen LogP contribution in [-0.2, 0) is 0 Å². The summed E-state index contributed by atoms with van der Waals surface area (Å²) >= 11 is 3.79. The second-order valence-corrected chi connectivity index (χ2v) is 25.4. The Bertz CT molecular complexity index is 6230. The molecule has 21 rings (SSSR count). The van der Waals surface area contributed by atoms with Crippen LogP contribution < -0.4 is 16.4 Å². The third-order valence-corrected chi connectivity index (χ3v) is 21.7. The number of hydrogen-bond acceptors (Lipinski definition) is 2.